The van der Waals surface area contributed by atoms with Gasteiger partial charge in [-0.25, -0.2) is 0 Å². The van der Waals surface area contributed by atoms with Gasteiger partial charge in [0.15, 0.2) is 5.78 Å². The van der Waals surface area contributed by atoms with E-state index in [0.717, 1.165) is 12.8 Å². The Balaban J connectivity index is 2.47. The van der Waals surface area contributed by atoms with Crippen LogP contribution in [0.5, 0.6) is 0 Å². The maximum Gasteiger partial charge on any atom is 0.166 e. The average Bonchev–Trinajstić information content (AvgIpc) is 2.38. The highest BCUT2D eigenvalue weighted by Gasteiger charge is 2.19. The Morgan fingerprint density at radius 3 is 2.60 bits per heavy atom. The first kappa shape index (κ1) is 7.30. The molecule has 0 amide bonds. The molecule has 0 heterocycles. The Labute approximate surface area is 61.4 Å². The van der Waals surface area contributed by atoms with Crippen LogP contribution in [0.25, 0.3) is 0 Å². The zero-order chi connectivity index (χ0) is 7.40. The lowest BCUT2D eigenvalue weighted by molar-refractivity contribution is -0.118. The second kappa shape index (κ2) is 3.38. The SMILES string of the molecule is C=C=CC(=O)C1CCCC1. The summed E-state index contributed by atoms with van der Waals surface area (Å²) in [5, 5.41) is 0. The summed E-state index contributed by atoms with van der Waals surface area (Å²) in [4.78, 5) is 11.1. The van der Waals surface area contributed by atoms with E-state index < -0.39 is 0 Å². The highest BCUT2D eigenvalue weighted by atomic mass is 16.1. The molecule has 1 aliphatic rings. The summed E-state index contributed by atoms with van der Waals surface area (Å²) in [7, 11) is 0. The van der Waals surface area contributed by atoms with Gasteiger partial charge < -0.3 is 0 Å². The van der Waals surface area contributed by atoms with E-state index in [9.17, 15) is 4.79 Å². The van der Waals surface area contributed by atoms with Crippen molar-refractivity contribution in [2.45, 2.75) is 25.7 Å². The van der Waals surface area contributed by atoms with Crippen molar-refractivity contribution in [1.82, 2.24) is 0 Å². The van der Waals surface area contributed by atoms with Crippen LogP contribution in [0, 0.1) is 5.92 Å². The second-order valence-electron chi connectivity index (χ2n) is 2.73. The highest BCUT2D eigenvalue weighted by Crippen LogP contribution is 2.25. The van der Waals surface area contributed by atoms with Gasteiger partial charge in [0, 0.05) is 12.0 Å². The normalized spacial score (nSPS) is 18.4. The molecule has 1 heteroatoms. The molecule has 54 valence electrons. The second-order valence-corrected chi connectivity index (χ2v) is 2.73. The van der Waals surface area contributed by atoms with Gasteiger partial charge in [0.2, 0.25) is 0 Å². The van der Waals surface area contributed by atoms with Crippen LogP contribution in [0.1, 0.15) is 25.7 Å². The summed E-state index contributed by atoms with van der Waals surface area (Å²) in [6, 6.07) is 0. The molecule has 0 unspecified atom stereocenters. The van der Waals surface area contributed by atoms with Gasteiger partial charge >= 0.3 is 0 Å². The van der Waals surface area contributed by atoms with Gasteiger partial charge in [-0.15, -0.1) is 5.73 Å². The number of hydrogen-bond acceptors (Lipinski definition) is 1. The van der Waals surface area contributed by atoms with Gasteiger partial charge in [-0.3, -0.25) is 4.79 Å². The first-order valence-corrected chi connectivity index (χ1v) is 3.74. The third kappa shape index (κ3) is 1.58. The van der Waals surface area contributed by atoms with E-state index in [2.05, 4.69) is 12.3 Å². The molecule has 1 aliphatic carbocycles. The van der Waals surface area contributed by atoms with Crippen LogP contribution >= 0.6 is 0 Å². The molecule has 0 spiro atoms. The minimum atomic E-state index is 0.215. The number of carbonyl (C=O) groups excluding carboxylic acids is 1. The van der Waals surface area contributed by atoms with E-state index in [1.165, 1.54) is 18.9 Å². The molecule has 10 heavy (non-hydrogen) atoms. The number of rotatable bonds is 2. The van der Waals surface area contributed by atoms with E-state index in [0.29, 0.717) is 0 Å². The van der Waals surface area contributed by atoms with E-state index in [1.54, 1.807) is 0 Å². The first-order chi connectivity index (χ1) is 4.84. The minimum absolute atomic E-state index is 0.215. The quantitative estimate of drug-likeness (QED) is 0.419. The smallest absolute Gasteiger partial charge is 0.166 e. The molecular formula is C9H12O. The highest BCUT2D eigenvalue weighted by molar-refractivity contribution is 5.91. The summed E-state index contributed by atoms with van der Waals surface area (Å²) in [5.74, 6) is 0.502. The first-order valence-electron chi connectivity index (χ1n) is 3.74. The Morgan fingerprint density at radius 2 is 2.10 bits per heavy atom. The molecule has 0 saturated heterocycles. The topological polar surface area (TPSA) is 17.1 Å². The van der Waals surface area contributed by atoms with Gasteiger partial charge in [0.25, 0.3) is 0 Å². The number of allylic oxidation sites excluding steroid dienone is 1. The van der Waals surface area contributed by atoms with Gasteiger partial charge in [-0.05, 0) is 12.8 Å². The molecule has 0 radical (unpaired) electrons. The molecule has 1 nitrogen and oxygen atoms in total. The van der Waals surface area contributed by atoms with Crippen molar-refractivity contribution in [2.75, 3.05) is 0 Å². The number of ketones is 1. The van der Waals surface area contributed by atoms with Crippen molar-refractivity contribution < 1.29 is 4.79 Å². The average molecular weight is 136 g/mol. The van der Waals surface area contributed by atoms with Gasteiger partial charge in [0.1, 0.15) is 0 Å². The van der Waals surface area contributed by atoms with Gasteiger partial charge in [-0.2, -0.15) is 0 Å². The summed E-state index contributed by atoms with van der Waals surface area (Å²) in [6.07, 6.45) is 6.02. The molecule has 1 saturated carbocycles. The van der Waals surface area contributed by atoms with Crippen LogP contribution in [0.2, 0.25) is 0 Å². The number of carbonyl (C=O) groups is 1. The largest absolute Gasteiger partial charge is 0.294 e. The Kier molecular flexibility index (Phi) is 2.47. The summed E-state index contributed by atoms with van der Waals surface area (Å²) < 4.78 is 0. The van der Waals surface area contributed by atoms with Crippen LogP contribution in [0.4, 0.5) is 0 Å². The van der Waals surface area contributed by atoms with Gasteiger partial charge in [-0.1, -0.05) is 19.4 Å². The van der Waals surface area contributed by atoms with E-state index in [4.69, 9.17) is 0 Å². The maximum atomic E-state index is 11.1. The molecular weight excluding hydrogens is 124 g/mol. The van der Waals surface area contributed by atoms with E-state index >= 15 is 0 Å². The van der Waals surface area contributed by atoms with Crippen LogP contribution < -0.4 is 0 Å². The maximum absolute atomic E-state index is 11.1. The molecule has 1 fully saturated rings. The molecule has 0 atom stereocenters. The van der Waals surface area contributed by atoms with Crippen LogP contribution in [0.15, 0.2) is 18.4 Å². The third-order valence-corrected chi connectivity index (χ3v) is 2.00. The monoisotopic (exact) mass is 136 g/mol. The molecule has 0 aromatic carbocycles. The fraction of sp³-hybridized carbons (Fsp3) is 0.556. The molecule has 0 aromatic rings. The van der Waals surface area contributed by atoms with Crippen LogP contribution in [-0.4, -0.2) is 5.78 Å². The van der Waals surface area contributed by atoms with E-state index in [-0.39, 0.29) is 11.7 Å². The van der Waals surface area contributed by atoms with E-state index in [1.807, 2.05) is 0 Å². The summed E-state index contributed by atoms with van der Waals surface area (Å²) in [6.45, 7) is 3.37. The van der Waals surface area contributed by atoms with Crippen molar-refractivity contribution >= 4 is 5.78 Å². The molecule has 1 rings (SSSR count). The Hall–Kier alpha value is -0.810. The molecule has 0 N–H and O–H groups in total. The van der Waals surface area contributed by atoms with Gasteiger partial charge in [0.05, 0.1) is 0 Å². The molecule has 0 aliphatic heterocycles. The lowest BCUT2D eigenvalue weighted by Crippen LogP contribution is -2.05. The van der Waals surface area contributed by atoms with Crippen LogP contribution in [-0.2, 0) is 4.79 Å². The van der Waals surface area contributed by atoms with Crippen molar-refractivity contribution in [3.8, 4) is 0 Å². The molecule has 0 bridgehead atoms. The molecule has 0 aromatic heterocycles. The predicted octanol–water partition coefficient (Wildman–Crippen LogP) is 2.09. The summed E-state index contributed by atoms with van der Waals surface area (Å²) >= 11 is 0. The lowest BCUT2D eigenvalue weighted by atomic mass is 10.0. The van der Waals surface area contributed by atoms with Crippen LogP contribution in [0.3, 0.4) is 0 Å². The Bertz CT molecular complexity index is 169. The van der Waals surface area contributed by atoms with Crippen molar-refractivity contribution in [2.24, 2.45) is 5.92 Å². The fourth-order valence-electron chi connectivity index (χ4n) is 1.43. The van der Waals surface area contributed by atoms with Crippen molar-refractivity contribution in [3.05, 3.63) is 18.4 Å². The zero-order valence-electron chi connectivity index (χ0n) is 6.10. The Morgan fingerprint density at radius 1 is 1.50 bits per heavy atom. The zero-order valence-corrected chi connectivity index (χ0v) is 6.10. The predicted molar refractivity (Wildman–Crippen MR) is 40.7 cm³/mol. The standard InChI is InChI=1S/C9H12O/c1-2-5-9(10)8-6-3-4-7-8/h5,8H,1,3-4,6-7H2. The lowest BCUT2D eigenvalue weighted by Gasteiger charge is -2.00. The van der Waals surface area contributed by atoms with Crippen molar-refractivity contribution in [1.29, 1.82) is 0 Å². The minimum Gasteiger partial charge on any atom is -0.294 e. The third-order valence-electron chi connectivity index (χ3n) is 2.00. The fourth-order valence-corrected chi connectivity index (χ4v) is 1.43. The summed E-state index contributed by atoms with van der Waals surface area (Å²) in [5.41, 5.74) is 2.52. The van der Waals surface area contributed by atoms with Crippen molar-refractivity contribution in [3.63, 3.8) is 0 Å². The number of hydrogen-bond donors (Lipinski definition) is 0.